The Bertz CT molecular complexity index is 375. The Kier molecular flexibility index (Phi) is 3.73. The van der Waals surface area contributed by atoms with Gasteiger partial charge in [0.05, 0.1) is 17.8 Å². The maximum atomic E-state index is 12.5. The maximum Gasteiger partial charge on any atom is 0.391 e. The predicted octanol–water partition coefficient (Wildman–Crippen LogP) is 1.90. The average molecular weight is 279 g/mol. The molecule has 19 heavy (non-hydrogen) atoms. The van der Waals surface area contributed by atoms with E-state index in [1.807, 2.05) is 0 Å². The number of aliphatic carboxylic acids is 1. The van der Waals surface area contributed by atoms with Crippen molar-refractivity contribution in [3.63, 3.8) is 0 Å². The van der Waals surface area contributed by atoms with E-state index in [1.54, 1.807) is 0 Å². The summed E-state index contributed by atoms with van der Waals surface area (Å²) in [5.41, 5.74) is 0. The molecular formula is C12H16F3NO3. The number of likely N-dealkylation sites (tertiary alicyclic amines) is 1. The molecule has 0 aromatic rings. The number of carbonyl (C=O) groups excluding carboxylic acids is 1. The fourth-order valence-corrected chi connectivity index (χ4v) is 2.75. The molecule has 108 valence electrons. The van der Waals surface area contributed by atoms with Gasteiger partial charge in [-0.2, -0.15) is 13.2 Å². The number of hydrogen-bond acceptors (Lipinski definition) is 2. The number of hydrogen-bond donors (Lipinski definition) is 1. The predicted molar refractivity (Wildman–Crippen MR) is 59.2 cm³/mol. The normalized spacial score (nSPS) is 28.9. The number of nitrogens with zero attached hydrogens (tertiary/aromatic N) is 1. The van der Waals surface area contributed by atoms with Crippen LogP contribution in [0.1, 0.15) is 25.7 Å². The second kappa shape index (κ2) is 5.02. The van der Waals surface area contributed by atoms with Gasteiger partial charge in [-0.25, -0.2) is 0 Å². The molecule has 0 radical (unpaired) electrons. The highest BCUT2D eigenvalue weighted by molar-refractivity contribution is 5.86. The summed E-state index contributed by atoms with van der Waals surface area (Å²) in [5.74, 6) is -3.82. The molecule has 7 heteroatoms. The van der Waals surface area contributed by atoms with Gasteiger partial charge >= 0.3 is 12.1 Å². The van der Waals surface area contributed by atoms with Crippen LogP contribution in [-0.4, -0.2) is 41.1 Å². The van der Waals surface area contributed by atoms with E-state index in [9.17, 15) is 22.8 Å². The Hall–Kier alpha value is -1.27. The first kappa shape index (κ1) is 14.1. The van der Waals surface area contributed by atoms with Gasteiger partial charge in [0, 0.05) is 13.1 Å². The van der Waals surface area contributed by atoms with E-state index in [1.165, 1.54) is 4.90 Å². The summed E-state index contributed by atoms with van der Waals surface area (Å²) in [6.45, 7) is 0.150. The van der Waals surface area contributed by atoms with E-state index in [2.05, 4.69) is 0 Å². The van der Waals surface area contributed by atoms with Crippen LogP contribution in [0.3, 0.4) is 0 Å². The highest BCUT2D eigenvalue weighted by Crippen LogP contribution is 2.38. The molecule has 0 aromatic heterocycles. The van der Waals surface area contributed by atoms with Gasteiger partial charge in [0.25, 0.3) is 0 Å². The summed E-state index contributed by atoms with van der Waals surface area (Å²) in [6, 6.07) is 0. The van der Waals surface area contributed by atoms with Crippen LogP contribution in [0.2, 0.25) is 0 Å². The third-order valence-electron chi connectivity index (χ3n) is 4.18. The lowest BCUT2D eigenvalue weighted by molar-refractivity contribution is -0.187. The smallest absolute Gasteiger partial charge is 0.391 e. The van der Waals surface area contributed by atoms with Crippen LogP contribution in [0.15, 0.2) is 0 Å². The molecule has 1 aliphatic carbocycles. The summed E-state index contributed by atoms with van der Waals surface area (Å²) in [6.07, 6.45) is -3.37. The summed E-state index contributed by atoms with van der Waals surface area (Å²) < 4.78 is 37.5. The Morgan fingerprint density at radius 2 is 1.53 bits per heavy atom. The molecule has 0 aromatic carbocycles. The molecule has 2 fully saturated rings. The molecule has 2 atom stereocenters. The minimum Gasteiger partial charge on any atom is -0.481 e. The van der Waals surface area contributed by atoms with Crippen molar-refractivity contribution < 1.29 is 27.9 Å². The number of rotatable bonds is 2. The van der Waals surface area contributed by atoms with Crippen molar-refractivity contribution in [3.05, 3.63) is 0 Å². The van der Waals surface area contributed by atoms with Crippen LogP contribution in [0, 0.1) is 17.8 Å². The van der Waals surface area contributed by atoms with Crippen molar-refractivity contribution >= 4 is 11.9 Å². The largest absolute Gasteiger partial charge is 0.481 e. The van der Waals surface area contributed by atoms with Gasteiger partial charge in [0.2, 0.25) is 5.91 Å². The second-order valence-corrected chi connectivity index (χ2v) is 5.27. The quantitative estimate of drug-likeness (QED) is 0.840. The zero-order valence-corrected chi connectivity index (χ0v) is 10.3. The Morgan fingerprint density at radius 1 is 1.00 bits per heavy atom. The van der Waals surface area contributed by atoms with Crippen LogP contribution in [0.4, 0.5) is 13.2 Å². The average Bonchev–Trinajstić information content (AvgIpc) is 2.25. The van der Waals surface area contributed by atoms with Crippen LogP contribution < -0.4 is 0 Å². The first-order chi connectivity index (χ1) is 8.80. The zero-order chi connectivity index (χ0) is 14.2. The number of halogens is 3. The summed E-state index contributed by atoms with van der Waals surface area (Å²) in [7, 11) is 0. The minimum atomic E-state index is -4.20. The molecule has 1 saturated heterocycles. The van der Waals surface area contributed by atoms with E-state index >= 15 is 0 Å². The minimum absolute atomic E-state index is 0.0752. The van der Waals surface area contributed by atoms with E-state index in [4.69, 9.17) is 5.11 Å². The number of piperidine rings is 1. The maximum absolute atomic E-state index is 12.5. The zero-order valence-electron chi connectivity index (χ0n) is 10.3. The van der Waals surface area contributed by atoms with Crippen molar-refractivity contribution in [2.45, 2.75) is 31.9 Å². The lowest BCUT2D eigenvalue weighted by Gasteiger charge is -2.39. The molecule has 0 spiro atoms. The molecule has 1 heterocycles. The second-order valence-electron chi connectivity index (χ2n) is 5.27. The van der Waals surface area contributed by atoms with Crippen molar-refractivity contribution in [2.24, 2.45) is 17.8 Å². The van der Waals surface area contributed by atoms with E-state index in [0.29, 0.717) is 12.8 Å². The number of amides is 1. The van der Waals surface area contributed by atoms with Crippen LogP contribution in [-0.2, 0) is 9.59 Å². The first-order valence-corrected chi connectivity index (χ1v) is 6.39. The number of alkyl halides is 3. The van der Waals surface area contributed by atoms with E-state index in [0.717, 1.165) is 0 Å². The van der Waals surface area contributed by atoms with Gasteiger partial charge in [-0.3, -0.25) is 9.59 Å². The Balaban J connectivity index is 1.88. The summed E-state index contributed by atoms with van der Waals surface area (Å²) in [5, 5.41) is 8.88. The third kappa shape index (κ3) is 2.84. The molecule has 1 aliphatic heterocycles. The van der Waals surface area contributed by atoms with Gasteiger partial charge in [-0.05, 0) is 25.7 Å². The highest BCUT2D eigenvalue weighted by Gasteiger charge is 2.46. The van der Waals surface area contributed by atoms with Crippen molar-refractivity contribution in [1.29, 1.82) is 0 Å². The monoisotopic (exact) mass is 279 g/mol. The third-order valence-corrected chi connectivity index (χ3v) is 4.18. The Labute approximate surface area is 108 Å². The number of carbonyl (C=O) groups is 2. The molecule has 1 amide bonds. The van der Waals surface area contributed by atoms with Crippen molar-refractivity contribution in [1.82, 2.24) is 4.90 Å². The first-order valence-electron chi connectivity index (χ1n) is 6.39. The van der Waals surface area contributed by atoms with Gasteiger partial charge in [0.1, 0.15) is 0 Å². The molecule has 1 saturated carbocycles. The summed E-state index contributed by atoms with van der Waals surface area (Å²) in [4.78, 5) is 24.3. The van der Waals surface area contributed by atoms with Crippen LogP contribution >= 0.6 is 0 Å². The van der Waals surface area contributed by atoms with Crippen LogP contribution in [0.5, 0.6) is 0 Å². The molecule has 0 bridgehead atoms. The molecule has 4 nitrogen and oxygen atoms in total. The number of carboxylic acids is 1. The topological polar surface area (TPSA) is 57.6 Å². The van der Waals surface area contributed by atoms with Gasteiger partial charge in [-0.1, -0.05) is 0 Å². The summed E-state index contributed by atoms with van der Waals surface area (Å²) >= 11 is 0. The van der Waals surface area contributed by atoms with Crippen molar-refractivity contribution in [3.8, 4) is 0 Å². The molecular weight excluding hydrogens is 263 g/mol. The Morgan fingerprint density at radius 3 is 1.89 bits per heavy atom. The number of carboxylic acid groups (broad SMARTS) is 1. The van der Waals surface area contributed by atoms with E-state index in [-0.39, 0.29) is 31.8 Å². The SMILES string of the molecule is O=C(O)C1CCC1C(=O)N1CCC(C(F)(F)F)CC1. The standard InChI is InChI=1S/C12H16F3NO3/c13-12(14,15)7-3-5-16(6-4-7)10(17)8-1-2-9(8)11(18)19/h7-9H,1-6H2,(H,18,19). The molecule has 2 rings (SSSR count). The fraction of sp³-hybridized carbons (Fsp3) is 0.833. The van der Waals surface area contributed by atoms with Gasteiger partial charge in [-0.15, -0.1) is 0 Å². The molecule has 2 unspecified atom stereocenters. The fourth-order valence-electron chi connectivity index (χ4n) is 2.75. The van der Waals surface area contributed by atoms with Gasteiger partial charge < -0.3 is 10.0 Å². The molecule has 1 N–H and O–H groups in total. The highest BCUT2D eigenvalue weighted by atomic mass is 19.4. The van der Waals surface area contributed by atoms with Crippen molar-refractivity contribution in [2.75, 3.05) is 13.1 Å². The van der Waals surface area contributed by atoms with Crippen LogP contribution in [0.25, 0.3) is 0 Å². The van der Waals surface area contributed by atoms with Gasteiger partial charge in [0.15, 0.2) is 0 Å². The molecule has 2 aliphatic rings. The lowest BCUT2D eigenvalue weighted by atomic mass is 9.72. The van der Waals surface area contributed by atoms with E-state index < -0.39 is 29.9 Å². The lowest BCUT2D eigenvalue weighted by Crippen LogP contribution is -2.49.